The Balaban J connectivity index is 2.01. The second-order valence-electron chi connectivity index (χ2n) is 3.76. The number of carbonyl (C=O) groups is 1. The molecule has 0 bridgehead atoms. The standard InChI is InChI=1S/C15H14O2Se/c16-12-17-15(13-7-3-1-4-8-13)11-18-14-9-5-2-6-10-14/h1-10,12,15H,11H2. The van der Waals surface area contributed by atoms with Crippen LogP contribution in [0.3, 0.4) is 0 Å². The van der Waals surface area contributed by atoms with Crippen molar-refractivity contribution in [3.8, 4) is 0 Å². The third-order valence-corrected chi connectivity index (χ3v) is 4.79. The molecule has 0 aliphatic rings. The van der Waals surface area contributed by atoms with Crippen LogP contribution in [-0.2, 0) is 9.53 Å². The van der Waals surface area contributed by atoms with E-state index in [-0.39, 0.29) is 6.10 Å². The van der Waals surface area contributed by atoms with Gasteiger partial charge in [0.25, 0.3) is 0 Å². The average Bonchev–Trinajstić information content (AvgIpc) is 2.45. The van der Waals surface area contributed by atoms with E-state index in [0.29, 0.717) is 21.4 Å². The van der Waals surface area contributed by atoms with Gasteiger partial charge in [0.15, 0.2) is 0 Å². The molecule has 2 nitrogen and oxygen atoms in total. The number of hydrogen-bond acceptors (Lipinski definition) is 2. The van der Waals surface area contributed by atoms with Gasteiger partial charge in [0.05, 0.1) is 0 Å². The second kappa shape index (κ2) is 7.00. The second-order valence-corrected chi connectivity index (χ2v) is 6.05. The molecule has 92 valence electrons. The molecule has 0 aromatic heterocycles. The molecule has 0 saturated carbocycles. The van der Waals surface area contributed by atoms with Gasteiger partial charge in [-0.1, -0.05) is 0 Å². The molecule has 0 fully saturated rings. The van der Waals surface area contributed by atoms with E-state index in [9.17, 15) is 4.79 Å². The van der Waals surface area contributed by atoms with Gasteiger partial charge in [-0.15, -0.1) is 0 Å². The van der Waals surface area contributed by atoms with Crippen LogP contribution in [0.1, 0.15) is 11.7 Å². The first-order valence-electron chi connectivity index (χ1n) is 5.72. The Kier molecular flexibility index (Phi) is 5.00. The maximum absolute atomic E-state index is 10.6. The van der Waals surface area contributed by atoms with Crippen molar-refractivity contribution < 1.29 is 9.53 Å². The summed E-state index contributed by atoms with van der Waals surface area (Å²) in [5.41, 5.74) is 1.06. The van der Waals surface area contributed by atoms with Crippen LogP contribution >= 0.6 is 0 Å². The number of ether oxygens (including phenoxy) is 1. The van der Waals surface area contributed by atoms with Gasteiger partial charge >= 0.3 is 113 Å². The van der Waals surface area contributed by atoms with Crippen molar-refractivity contribution in [2.75, 3.05) is 0 Å². The Labute approximate surface area is 113 Å². The summed E-state index contributed by atoms with van der Waals surface area (Å²) in [5, 5.41) is 0.861. The molecule has 0 aliphatic heterocycles. The number of hydrogen-bond donors (Lipinski definition) is 0. The third-order valence-electron chi connectivity index (χ3n) is 2.54. The zero-order valence-electron chi connectivity index (χ0n) is 9.86. The Morgan fingerprint density at radius 2 is 1.61 bits per heavy atom. The molecule has 2 aromatic rings. The van der Waals surface area contributed by atoms with Crippen LogP contribution in [0.15, 0.2) is 60.7 Å². The summed E-state index contributed by atoms with van der Waals surface area (Å²) in [5.74, 6) is 0. The summed E-state index contributed by atoms with van der Waals surface area (Å²) in [7, 11) is 0. The van der Waals surface area contributed by atoms with E-state index < -0.39 is 0 Å². The first-order valence-corrected chi connectivity index (χ1v) is 7.79. The van der Waals surface area contributed by atoms with Crippen molar-refractivity contribution in [2.24, 2.45) is 0 Å². The van der Waals surface area contributed by atoms with Crippen LogP contribution in [0.5, 0.6) is 0 Å². The molecular weight excluding hydrogens is 291 g/mol. The molecule has 1 unspecified atom stereocenters. The molecule has 0 amide bonds. The first kappa shape index (κ1) is 12.9. The van der Waals surface area contributed by atoms with Crippen LogP contribution in [0.2, 0.25) is 5.32 Å². The minimum atomic E-state index is -0.135. The van der Waals surface area contributed by atoms with Crippen molar-refractivity contribution in [3.05, 3.63) is 66.2 Å². The summed E-state index contributed by atoms with van der Waals surface area (Å²) < 4.78 is 6.50. The predicted molar refractivity (Wildman–Crippen MR) is 73.0 cm³/mol. The van der Waals surface area contributed by atoms with Crippen molar-refractivity contribution in [1.29, 1.82) is 0 Å². The van der Waals surface area contributed by atoms with Gasteiger partial charge < -0.3 is 0 Å². The summed E-state index contributed by atoms with van der Waals surface area (Å²) >= 11 is 0.310. The van der Waals surface area contributed by atoms with E-state index in [1.54, 1.807) is 0 Å². The van der Waals surface area contributed by atoms with Crippen LogP contribution in [0, 0.1) is 0 Å². The summed E-state index contributed by atoms with van der Waals surface area (Å²) in [6.45, 7) is 0.540. The van der Waals surface area contributed by atoms with Crippen molar-refractivity contribution in [2.45, 2.75) is 11.4 Å². The summed E-state index contributed by atoms with van der Waals surface area (Å²) in [6.07, 6.45) is -0.135. The van der Waals surface area contributed by atoms with Gasteiger partial charge in [0.2, 0.25) is 0 Å². The summed E-state index contributed by atoms with van der Waals surface area (Å²) in [6, 6.07) is 20.2. The van der Waals surface area contributed by atoms with Crippen molar-refractivity contribution in [1.82, 2.24) is 0 Å². The fraction of sp³-hybridized carbons (Fsp3) is 0.133. The van der Waals surface area contributed by atoms with Crippen LogP contribution < -0.4 is 4.46 Å². The van der Waals surface area contributed by atoms with E-state index in [1.807, 2.05) is 48.5 Å². The van der Waals surface area contributed by atoms with Gasteiger partial charge in [-0.3, -0.25) is 0 Å². The van der Waals surface area contributed by atoms with E-state index in [4.69, 9.17) is 4.74 Å². The minimum absolute atomic E-state index is 0.135. The molecule has 1 atom stereocenters. The molecule has 2 aromatic carbocycles. The Bertz CT molecular complexity index is 470. The molecule has 3 heteroatoms. The molecule has 0 N–H and O–H groups in total. The summed E-state index contributed by atoms with van der Waals surface area (Å²) in [4.78, 5) is 10.6. The van der Waals surface area contributed by atoms with Crippen molar-refractivity contribution in [3.63, 3.8) is 0 Å². The van der Waals surface area contributed by atoms with Gasteiger partial charge in [-0.2, -0.15) is 0 Å². The van der Waals surface area contributed by atoms with E-state index in [0.717, 1.165) is 10.9 Å². The van der Waals surface area contributed by atoms with Gasteiger partial charge in [0, 0.05) is 0 Å². The topological polar surface area (TPSA) is 26.3 Å². The molecule has 2 rings (SSSR count). The Morgan fingerprint density at radius 3 is 2.22 bits per heavy atom. The molecule has 0 saturated heterocycles. The molecule has 18 heavy (non-hydrogen) atoms. The van der Waals surface area contributed by atoms with Gasteiger partial charge in [-0.05, 0) is 0 Å². The van der Waals surface area contributed by atoms with Crippen LogP contribution in [0.25, 0.3) is 0 Å². The number of benzene rings is 2. The maximum atomic E-state index is 10.6. The number of rotatable bonds is 6. The quantitative estimate of drug-likeness (QED) is 0.605. The van der Waals surface area contributed by atoms with Crippen molar-refractivity contribution >= 4 is 25.9 Å². The molecular formula is C15H14O2Se. The zero-order valence-corrected chi connectivity index (χ0v) is 11.6. The van der Waals surface area contributed by atoms with Gasteiger partial charge in [-0.25, -0.2) is 0 Å². The molecule has 0 heterocycles. The van der Waals surface area contributed by atoms with E-state index >= 15 is 0 Å². The number of carbonyl (C=O) groups excluding carboxylic acids is 1. The van der Waals surface area contributed by atoms with Crippen LogP contribution in [-0.4, -0.2) is 21.4 Å². The monoisotopic (exact) mass is 306 g/mol. The fourth-order valence-electron chi connectivity index (χ4n) is 1.64. The molecule has 0 spiro atoms. The Morgan fingerprint density at radius 1 is 1.00 bits per heavy atom. The first-order chi connectivity index (χ1) is 8.90. The third kappa shape index (κ3) is 3.73. The zero-order chi connectivity index (χ0) is 12.6. The fourth-order valence-corrected chi connectivity index (χ4v) is 3.66. The molecule has 0 aliphatic carbocycles. The predicted octanol–water partition coefficient (Wildman–Crippen LogP) is 2.35. The van der Waals surface area contributed by atoms with Crippen LogP contribution in [0.4, 0.5) is 0 Å². The average molecular weight is 305 g/mol. The van der Waals surface area contributed by atoms with E-state index in [1.165, 1.54) is 4.46 Å². The van der Waals surface area contributed by atoms with E-state index in [2.05, 4.69) is 12.1 Å². The van der Waals surface area contributed by atoms with Gasteiger partial charge in [0.1, 0.15) is 0 Å². The SMILES string of the molecule is O=COC(C[Se]c1ccccc1)c1ccccc1. The molecule has 0 radical (unpaired) electrons. The normalized spacial score (nSPS) is 11.8. The Hall–Kier alpha value is -1.57.